The number of piperidine rings is 3. The molecule has 7 heterocycles. The highest BCUT2D eigenvalue weighted by molar-refractivity contribution is 6.32. The summed E-state index contributed by atoms with van der Waals surface area (Å²) in [6, 6.07) is 12.6. The highest BCUT2D eigenvalue weighted by atomic mass is 35.5. The van der Waals surface area contributed by atoms with Gasteiger partial charge in [-0.1, -0.05) is 11.6 Å². The number of piperazine rings is 1. The minimum absolute atomic E-state index is 0.0728. The second-order valence-corrected chi connectivity index (χ2v) is 17.8. The van der Waals surface area contributed by atoms with E-state index in [4.69, 9.17) is 16.6 Å². The van der Waals surface area contributed by atoms with Crippen molar-refractivity contribution in [2.45, 2.75) is 64.0 Å². The number of aromatic nitrogens is 2. The van der Waals surface area contributed by atoms with Gasteiger partial charge < -0.3 is 19.6 Å². The molecule has 0 aliphatic carbocycles. The minimum Gasteiger partial charge on any atom is -0.369 e. The summed E-state index contributed by atoms with van der Waals surface area (Å²) in [6.45, 7) is 10.6. The molecule has 0 saturated carbocycles. The first-order chi connectivity index (χ1) is 29.0. The maximum atomic E-state index is 13.5. The Morgan fingerprint density at radius 2 is 1.60 bits per heavy atom. The molecule has 0 bridgehead atoms. The van der Waals surface area contributed by atoms with Gasteiger partial charge in [-0.15, -0.1) is 0 Å². The Morgan fingerprint density at radius 3 is 2.28 bits per heavy atom. The third-order valence-corrected chi connectivity index (χ3v) is 14.1. The number of hydrogen-bond acceptors (Lipinski definition) is 12. The lowest BCUT2D eigenvalue weighted by molar-refractivity contribution is -0.136. The summed E-state index contributed by atoms with van der Waals surface area (Å²) in [5.41, 5.74) is 3.60. The van der Waals surface area contributed by atoms with Crippen molar-refractivity contribution in [1.82, 2.24) is 30.0 Å². The molecule has 60 heavy (non-hydrogen) atoms. The molecule has 1 spiro atoms. The molecule has 0 radical (unpaired) electrons. The molecule has 2 aromatic carbocycles. The van der Waals surface area contributed by atoms with Gasteiger partial charge in [0.25, 0.3) is 17.7 Å². The average molecular weight is 833 g/mol. The highest BCUT2D eigenvalue weighted by Gasteiger charge is 2.46. The molecular formula is C44H49ClN10O5. The van der Waals surface area contributed by atoms with Crippen LogP contribution in [0.3, 0.4) is 0 Å². The maximum Gasteiger partial charge on any atom is 0.274 e. The number of imide groups is 2. The predicted octanol–water partition coefficient (Wildman–Crippen LogP) is 3.96. The standard InChI is InChI=1S/C44H49ClN10O5/c1-28-22-44(27-54(28)32-3-2-30(23-46)35(45)21-32)10-14-52(15-11-44)38-25-47-36(24-48-38)43(60)53-12-8-29(9-13-53)26-50-16-18-51(19-17-50)31-4-5-33-34(20-31)42(59)55(41(33)58)37-6-7-39(56)49-40(37)57/h2-5,20-21,24-25,28-29,37H,6-19,22,26-27H2,1H3,(H,49,56,57)/t28-,37?/m0/s1. The molecule has 5 amide bonds. The molecule has 6 aliphatic rings. The van der Waals surface area contributed by atoms with Gasteiger partial charge in [-0.2, -0.15) is 5.26 Å². The van der Waals surface area contributed by atoms with Crippen LogP contribution in [-0.2, 0) is 9.59 Å². The van der Waals surface area contributed by atoms with Crippen LogP contribution in [0.25, 0.3) is 0 Å². The van der Waals surface area contributed by atoms with Gasteiger partial charge in [0.15, 0.2) is 0 Å². The number of rotatable bonds is 7. The molecule has 5 fully saturated rings. The Hall–Kier alpha value is -5.59. The van der Waals surface area contributed by atoms with Gasteiger partial charge in [0, 0.05) is 89.3 Å². The predicted molar refractivity (Wildman–Crippen MR) is 224 cm³/mol. The van der Waals surface area contributed by atoms with Gasteiger partial charge in [-0.25, -0.2) is 9.97 Å². The van der Waals surface area contributed by atoms with Crippen molar-refractivity contribution in [2.75, 3.05) is 80.1 Å². The van der Waals surface area contributed by atoms with E-state index in [-0.39, 0.29) is 29.7 Å². The van der Waals surface area contributed by atoms with Crippen LogP contribution in [0.15, 0.2) is 48.8 Å². The van der Waals surface area contributed by atoms with E-state index in [0.717, 1.165) is 107 Å². The Labute approximate surface area is 354 Å². The van der Waals surface area contributed by atoms with Gasteiger partial charge in [0.2, 0.25) is 11.8 Å². The Bertz CT molecular complexity index is 2260. The summed E-state index contributed by atoms with van der Waals surface area (Å²) >= 11 is 6.37. The Kier molecular flexibility index (Phi) is 10.7. The average Bonchev–Trinajstić information content (AvgIpc) is 3.71. The van der Waals surface area contributed by atoms with Crippen LogP contribution < -0.4 is 20.0 Å². The molecule has 9 rings (SSSR count). The van der Waals surface area contributed by atoms with Crippen molar-refractivity contribution in [3.8, 4) is 6.07 Å². The third kappa shape index (κ3) is 7.55. The number of fused-ring (bicyclic) bond motifs is 1. The number of benzene rings is 2. The lowest BCUT2D eigenvalue weighted by atomic mass is 9.77. The van der Waals surface area contributed by atoms with E-state index in [1.165, 1.54) is 0 Å². The van der Waals surface area contributed by atoms with E-state index < -0.39 is 29.7 Å². The van der Waals surface area contributed by atoms with Crippen LogP contribution in [0, 0.1) is 22.7 Å². The Balaban J connectivity index is 0.717. The number of anilines is 3. The molecule has 1 aromatic heterocycles. The molecule has 2 atom stereocenters. The fraction of sp³-hybridized carbons (Fsp3) is 0.500. The third-order valence-electron chi connectivity index (χ3n) is 13.8. The largest absolute Gasteiger partial charge is 0.369 e. The van der Waals surface area contributed by atoms with Gasteiger partial charge >= 0.3 is 0 Å². The lowest BCUT2D eigenvalue weighted by Crippen LogP contribution is -2.54. The molecular weight excluding hydrogens is 784 g/mol. The first-order valence-corrected chi connectivity index (χ1v) is 21.5. The molecule has 3 aromatic rings. The highest BCUT2D eigenvalue weighted by Crippen LogP contribution is 2.46. The zero-order valence-electron chi connectivity index (χ0n) is 33.8. The smallest absolute Gasteiger partial charge is 0.274 e. The number of carbonyl (C=O) groups excluding carboxylic acids is 5. The van der Waals surface area contributed by atoms with Crippen molar-refractivity contribution in [1.29, 1.82) is 5.26 Å². The Morgan fingerprint density at radius 1 is 0.867 bits per heavy atom. The van der Waals surface area contributed by atoms with E-state index in [2.05, 4.69) is 42.9 Å². The van der Waals surface area contributed by atoms with Crippen molar-refractivity contribution < 1.29 is 24.0 Å². The number of nitrogens with one attached hydrogen (secondary N) is 1. The molecule has 15 nitrogen and oxygen atoms in total. The van der Waals surface area contributed by atoms with Gasteiger partial charge in [-0.3, -0.25) is 39.1 Å². The van der Waals surface area contributed by atoms with E-state index in [9.17, 15) is 29.2 Å². The number of hydrogen-bond donors (Lipinski definition) is 1. The fourth-order valence-electron chi connectivity index (χ4n) is 10.3. The second kappa shape index (κ2) is 16.1. The topological polar surface area (TPSA) is 166 Å². The molecule has 5 saturated heterocycles. The van der Waals surface area contributed by atoms with Crippen LogP contribution in [0.2, 0.25) is 5.02 Å². The summed E-state index contributed by atoms with van der Waals surface area (Å²) in [5.74, 6) is -0.789. The number of halogens is 1. The van der Waals surface area contributed by atoms with E-state index in [0.29, 0.717) is 46.9 Å². The van der Waals surface area contributed by atoms with Crippen LogP contribution in [-0.4, -0.2) is 132 Å². The van der Waals surface area contributed by atoms with E-state index in [1.54, 1.807) is 30.6 Å². The van der Waals surface area contributed by atoms with Gasteiger partial charge in [-0.05, 0) is 93.2 Å². The zero-order chi connectivity index (χ0) is 41.7. The fourth-order valence-corrected chi connectivity index (χ4v) is 10.5. The first-order valence-electron chi connectivity index (χ1n) is 21.1. The maximum absolute atomic E-state index is 13.5. The quantitative estimate of drug-likeness (QED) is 0.341. The number of carbonyl (C=O) groups is 5. The monoisotopic (exact) mass is 832 g/mol. The zero-order valence-corrected chi connectivity index (χ0v) is 34.6. The molecule has 1 N–H and O–H groups in total. The van der Waals surface area contributed by atoms with Crippen LogP contribution >= 0.6 is 11.6 Å². The lowest BCUT2D eigenvalue weighted by Gasteiger charge is -2.40. The van der Waals surface area contributed by atoms with Crippen LogP contribution in [0.5, 0.6) is 0 Å². The summed E-state index contributed by atoms with van der Waals surface area (Å²) in [4.78, 5) is 85.6. The summed E-state index contributed by atoms with van der Waals surface area (Å²) in [5, 5.41) is 12.0. The number of nitrogens with zero attached hydrogens (tertiary/aromatic N) is 9. The number of nitriles is 1. The normalized spacial score (nSPS) is 23.6. The minimum atomic E-state index is -0.981. The number of amides is 5. The van der Waals surface area contributed by atoms with Crippen LogP contribution in [0.1, 0.15) is 88.6 Å². The SMILES string of the molecule is C[C@H]1CC2(CCN(c3cnc(C(=O)N4CCC(CN5CCN(c6ccc7c(c6)C(=O)N(C6CCC(=O)NC6=O)C7=O)CC5)CC4)cn3)CC2)CN1c1ccc(C#N)c(Cl)c1. The molecule has 16 heteroatoms. The van der Waals surface area contributed by atoms with E-state index in [1.807, 2.05) is 23.1 Å². The van der Waals surface area contributed by atoms with Crippen molar-refractivity contribution in [3.05, 3.63) is 76.2 Å². The second-order valence-electron chi connectivity index (χ2n) is 17.4. The summed E-state index contributed by atoms with van der Waals surface area (Å²) < 4.78 is 0. The van der Waals surface area contributed by atoms with E-state index >= 15 is 0 Å². The van der Waals surface area contributed by atoms with Crippen molar-refractivity contribution >= 4 is 58.3 Å². The van der Waals surface area contributed by atoms with Gasteiger partial charge in [0.1, 0.15) is 23.6 Å². The summed E-state index contributed by atoms with van der Waals surface area (Å²) in [6.07, 6.45) is 8.62. The van der Waals surface area contributed by atoms with Crippen molar-refractivity contribution in [3.63, 3.8) is 0 Å². The van der Waals surface area contributed by atoms with Crippen molar-refractivity contribution in [2.24, 2.45) is 11.3 Å². The molecule has 1 unspecified atom stereocenters. The molecule has 6 aliphatic heterocycles. The van der Waals surface area contributed by atoms with Crippen LogP contribution in [0.4, 0.5) is 17.2 Å². The molecule has 312 valence electrons. The first kappa shape index (κ1) is 39.8. The number of likely N-dealkylation sites (tertiary alicyclic amines) is 1. The van der Waals surface area contributed by atoms with Gasteiger partial charge in [0.05, 0.1) is 34.1 Å². The summed E-state index contributed by atoms with van der Waals surface area (Å²) in [7, 11) is 0.